The van der Waals surface area contributed by atoms with Crippen LogP contribution in [0.1, 0.15) is 28.4 Å². The Morgan fingerprint density at radius 1 is 1.13 bits per heavy atom. The van der Waals surface area contributed by atoms with Crippen molar-refractivity contribution in [3.8, 4) is 11.6 Å². The SMILES string of the molecule is CCOC(=O)c1cccc(Nc2ncnc(Oc3ccc(C)c(C)c3)c2[N+](=O)[O-])c1. The highest BCUT2D eigenvalue weighted by molar-refractivity contribution is 5.90. The molecular formula is C21H20N4O5. The van der Waals surface area contributed by atoms with E-state index >= 15 is 0 Å². The maximum absolute atomic E-state index is 11.9. The summed E-state index contributed by atoms with van der Waals surface area (Å²) in [4.78, 5) is 31.0. The molecule has 30 heavy (non-hydrogen) atoms. The molecule has 0 saturated carbocycles. The number of ether oxygens (including phenoxy) is 2. The molecular weight excluding hydrogens is 388 g/mol. The van der Waals surface area contributed by atoms with Crippen LogP contribution in [0, 0.1) is 24.0 Å². The molecule has 0 aliphatic heterocycles. The van der Waals surface area contributed by atoms with E-state index in [1.54, 1.807) is 37.3 Å². The fourth-order valence-electron chi connectivity index (χ4n) is 2.66. The number of hydrogen-bond acceptors (Lipinski definition) is 8. The molecule has 0 aliphatic carbocycles. The van der Waals surface area contributed by atoms with Gasteiger partial charge in [0.15, 0.2) is 0 Å². The van der Waals surface area contributed by atoms with E-state index in [1.807, 2.05) is 19.9 Å². The summed E-state index contributed by atoms with van der Waals surface area (Å²) in [5.74, 6) is -0.315. The van der Waals surface area contributed by atoms with Crippen molar-refractivity contribution in [2.75, 3.05) is 11.9 Å². The molecule has 0 unspecified atom stereocenters. The van der Waals surface area contributed by atoms with Crippen molar-refractivity contribution >= 4 is 23.2 Å². The fraction of sp³-hybridized carbons (Fsp3) is 0.190. The second-order valence-corrected chi connectivity index (χ2v) is 6.41. The van der Waals surface area contributed by atoms with Crippen LogP contribution in [0.2, 0.25) is 0 Å². The van der Waals surface area contributed by atoms with Gasteiger partial charge >= 0.3 is 17.5 Å². The standard InChI is InChI=1S/C21H20N4O5/c1-4-29-21(26)15-6-5-7-16(11-15)24-19-18(25(27)28)20(23-12-22-19)30-17-9-8-13(2)14(3)10-17/h5-12H,4H2,1-3H3,(H,22,23,24). The second kappa shape index (κ2) is 8.99. The molecule has 154 valence electrons. The van der Waals surface area contributed by atoms with Gasteiger partial charge < -0.3 is 14.8 Å². The van der Waals surface area contributed by atoms with Crippen molar-refractivity contribution in [1.82, 2.24) is 9.97 Å². The average Bonchev–Trinajstić information content (AvgIpc) is 2.71. The summed E-state index contributed by atoms with van der Waals surface area (Å²) in [7, 11) is 0. The van der Waals surface area contributed by atoms with Gasteiger partial charge in [-0.05, 0) is 62.2 Å². The van der Waals surface area contributed by atoms with Gasteiger partial charge in [-0.25, -0.2) is 9.78 Å². The first-order chi connectivity index (χ1) is 14.4. The normalized spacial score (nSPS) is 10.4. The van der Waals surface area contributed by atoms with Crippen LogP contribution < -0.4 is 10.1 Å². The summed E-state index contributed by atoms with van der Waals surface area (Å²) in [5, 5.41) is 14.6. The van der Waals surface area contributed by atoms with E-state index < -0.39 is 16.6 Å². The monoisotopic (exact) mass is 408 g/mol. The molecule has 0 amide bonds. The number of hydrogen-bond donors (Lipinski definition) is 1. The summed E-state index contributed by atoms with van der Waals surface area (Å²) in [6, 6.07) is 11.7. The first-order valence-electron chi connectivity index (χ1n) is 9.17. The molecule has 1 N–H and O–H groups in total. The third kappa shape index (κ3) is 4.69. The van der Waals surface area contributed by atoms with Gasteiger partial charge in [0.1, 0.15) is 12.1 Å². The maximum atomic E-state index is 11.9. The molecule has 9 nitrogen and oxygen atoms in total. The zero-order chi connectivity index (χ0) is 21.7. The van der Waals surface area contributed by atoms with Crippen molar-refractivity contribution in [3.63, 3.8) is 0 Å². The smallest absolute Gasteiger partial charge is 0.373 e. The molecule has 0 saturated heterocycles. The molecule has 1 heterocycles. The van der Waals surface area contributed by atoms with Crippen LogP contribution in [0.15, 0.2) is 48.8 Å². The number of aryl methyl sites for hydroxylation is 2. The molecule has 0 radical (unpaired) electrons. The van der Waals surface area contributed by atoms with Gasteiger partial charge in [0.05, 0.1) is 17.1 Å². The minimum Gasteiger partial charge on any atom is -0.462 e. The zero-order valence-electron chi connectivity index (χ0n) is 16.7. The molecule has 1 aromatic heterocycles. The van der Waals surface area contributed by atoms with Gasteiger partial charge in [-0.3, -0.25) is 10.1 Å². The van der Waals surface area contributed by atoms with Gasteiger partial charge in [-0.15, -0.1) is 0 Å². The molecule has 9 heteroatoms. The van der Waals surface area contributed by atoms with Gasteiger partial charge in [0.2, 0.25) is 5.82 Å². The first-order valence-corrected chi connectivity index (χ1v) is 9.17. The van der Waals surface area contributed by atoms with Gasteiger partial charge in [0.25, 0.3) is 0 Å². The van der Waals surface area contributed by atoms with Gasteiger partial charge in [-0.1, -0.05) is 12.1 Å². The number of anilines is 2. The summed E-state index contributed by atoms with van der Waals surface area (Å²) in [6.45, 7) is 5.83. The summed E-state index contributed by atoms with van der Waals surface area (Å²) in [6.07, 6.45) is 1.17. The number of rotatable bonds is 7. The first kappa shape index (κ1) is 20.7. The van der Waals surface area contributed by atoms with E-state index in [1.165, 1.54) is 12.4 Å². The number of nitro groups is 1. The van der Waals surface area contributed by atoms with Crippen LogP contribution in [0.4, 0.5) is 17.2 Å². The highest BCUT2D eigenvalue weighted by atomic mass is 16.6. The van der Waals surface area contributed by atoms with Crippen molar-refractivity contribution in [2.24, 2.45) is 0 Å². The molecule has 0 bridgehead atoms. The topological polar surface area (TPSA) is 116 Å². The summed E-state index contributed by atoms with van der Waals surface area (Å²) in [5.41, 5.74) is 2.38. The average molecular weight is 408 g/mol. The maximum Gasteiger partial charge on any atom is 0.373 e. The van der Waals surface area contributed by atoms with Crippen molar-refractivity contribution in [1.29, 1.82) is 0 Å². The fourth-order valence-corrected chi connectivity index (χ4v) is 2.66. The number of esters is 1. The zero-order valence-corrected chi connectivity index (χ0v) is 16.7. The molecule has 0 fully saturated rings. The third-order valence-electron chi connectivity index (χ3n) is 4.30. The van der Waals surface area contributed by atoms with E-state index in [0.717, 1.165) is 11.1 Å². The number of nitrogens with zero attached hydrogens (tertiary/aromatic N) is 3. The number of aromatic nitrogens is 2. The van der Waals surface area contributed by atoms with Crippen LogP contribution >= 0.6 is 0 Å². The largest absolute Gasteiger partial charge is 0.462 e. The lowest BCUT2D eigenvalue weighted by Crippen LogP contribution is -2.06. The van der Waals surface area contributed by atoms with Crippen LogP contribution in [0.3, 0.4) is 0 Å². The van der Waals surface area contributed by atoms with Crippen LogP contribution in [0.5, 0.6) is 11.6 Å². The molecule has 0 atom stereocenters. The molecule has 3 rings (SSSR count). The third-order valence-corrected chi connectivity index (χ3v) is 4.30. The molecule has 3 aromatic rings. The Kier molecular flexibility index (Phi) is 6.21. The van der Waals surface area contributed by atoms with E-state index in [9.17, 15) is 14.9 Å². The Labute approximate surface area is 172 Å². The Balaban J connectivity index is 1.93. The second-order valence-electron chi connectivity index (χ2n) is 6.41. The highest BCUT2D eigenvalue weighted by Gasteiger charge is 2.25. The molecule has 2 aromatic carbocycles. The van der Waals surface area contributed by atoms with E-state index in [-0.39, 0.29) is 18.3 Å². The summed E-state index contributed by atoms with van der Waals surface area (Å²) >= 11 is 0. The predicted molar refractivity (Wildman–Crippen MR) is 110 cm³/mol. The van der Waals surface area contributed by atoms with Crippen LogP contribution in [-0.2, 0) is 4.74 Å². The number of nitrogens with one attached hydrogen (secondary N) is 1. The quantitative estimate of drug-likeness (QED) is 0.339. The predicted octanol–water partition coefficient (Wildman–Crippen LogP) is 4.71. The Bertz CT molecular complexity index is 1100. The van der Waals surface area contributed by atoms with E-state index in [2.05, 4.69) is 15.3 Å². The Hall–Kier alpha value is -4.01. The lowest BCUT2D eigenvalue weighted by molar-refractivity contribution is -0.385. The number of carbonyl (C=O) groups excluding carboxylic acids is 1. The van der Waals surface area contributed by atoms with E-state index in [4.69, 9.17) is 9.47 Å². The number of carbonyl (C=O) groups is 1. The minimum atomic E-state index is -0.617. The van der Waals surface area contributed by atoms with Crippen LogP contribution in [-0.4, -0.2) is 27.5 Å². The van der Waals surface area contributed by atoms with Crippen molar-refractivity contribution in [2.45, 2.75) is 20.8 Å². The summed E-state index contributed by atoms with van der Waals surface area (Å²) < 4.78 is 10.7. The van der Waals surface area contributed by atoms with E-state index in [0.29, 0.717) is 17.0 Å². The molecule has 0 aliphatic rings. The Morgan fingerprint density at radius 2 is 1.93 bits per heavy atom. The minimum absolute atomic E-state index is 0.0603. The molecule has 0 spiro atoms. The van der Waals surface area contributed by atoms with Gasteiger partial charge in [0, 0.05) is 5.69 Å². The Morgan fingerprint density at radius 3 is 2.63 bits per heavy atom. The van der Waals surface area contributed by atoms with Crippen molar-refractivity contribution < 1.29 is 19.2 Å². The van der Waals surface area contributed by atoms with Crippen molar-refractivity contribution in [3.05, 3.63) is 75.6 Å². The van der Waals surface area contributed by atoms with Crippen LogP contribution in [0.25, 0.3) is 0 Å². The highest BCUT2D eigenvalue weighted by Crippen LogP contribution is 2.35. The van der Waals surface area contributed by atoms with Gasteiger partial charge in [-0.2, -0.15) is 4.98 Å². The lowest BCUT2D eigenvalue weighted by Gasteiger charge is -2.11. The number of benzene rings is 2. The lowest BCUT2D eigenvalue weighted by atomic mass is 10.1.